The van der Waals surface area contributed by atoms with Gasteiger partial charge in [-0.1, -0.05) is 0 Å². The van der Waals surface area contributed by atoms with Gasteiger partial charge in [0.1, 0.15) is 0 Å². The number of aromatic amines is 1. The van der Waals surface area contributed by atoms with Crippen LogP contribution in [0.4, 0.5) is 0 Å². The number of hydrogen-bond donors (Lipinski definition) is 2. The average Bonchev–Trinajstić information content (AvgIpc) is 2.66. The second-order valence-corrected chi connectivity index (χ2v) is 4.77. The third-order valence-corrected chi connectivity index (χ3v) is 2.85. The second kappa shape index (κ2) is 5.61. The number of H-pyrrole nitrogens is 1. The predicted octanol–water partition coefficient (Wildman–Crippen LogP) is -0.608. The van der Waals surface area contributed by atoms with Crippen LogP contribution in [0.15, 0.2) is 12.3 Å². The molecule has 1 aromatic heterocycles. The molecule has 0 saturated heterocycles. The third kappa shape index (κ3) is 4.41. The van der Waals surface area contributed by atoms with Crippen molar-refractivity contribution >= 4 is 16.0 Å². The van der Waals surface area contributed by atoms with Crippen LogP contribution in [0.1, 0.15) is 12.6 Å². The fourth-order valence-corrected chi connectivity index (χ4v) is 1.85. The van der Waals surface area contributed by atoms with Gasteiger partial charge >= 0.3 is 5.97 Å². The summed E-state index contributed by atoms with van der Waals surface area (Å²) < 4.78 is 29.5. The summed E-state index contributed by atoms with van der Waals surface area (Å²) in [5.74, 6) is -1.44. The molecular weight excluding hydrogens is 234 g/mol. The van der Waals surface area contributed by atoms with Gasteiger partial charge in [0.05, 0.1) is 18.8 Å². The molecule has 1 rings (SSSR count). The maximum atomic E-state index is 11.4. The van der Waals surface area contributed by atoms with Crippen molar-refractivity contribution < 1.29 is 17.9 Å². The van der Waals surface area contributed by atoms with Crippen molar-refractivity contribution in [3.05, 3.63) is 18.0 Å². The SMILES string of the molecule is CCOC(=O)CS(=O)(=O)NCc1ccn[nH]1. The number of carbonyl (C=O) groups is 1. The first kappa shape index (κ1) is 12.7. The van der Waals surface area contributed by atoms with E-state index in [4.69, 9.17) is 0 Å². The summed E-state index contributed by atoms with van der Waals surface area (Å²) in [6.45, 7) is 1.85. The zero-order chi connectivity index (χ0) is 12.0. The summed E-state index contributed by atoms with van der Waals surface area (Å²) in [5.41, 5.74) is 0.618. The molecule has 0 radical (unpaired) electrons. The number of sulfonamides is 1. The number of carbonyl (C=O) groups excluding carboxylic acids is 1. The van der Waals surface area contributed by atoms with Crippen LogP contribution in [0.5, 0.6) is 0 Å². The van der Waals surface area contributed by atoms with Gasteiger partial charge in [0.2, 0.25) is 10.0 Å². The maximum absolute atomic E-state index is 11.4. The Morgan fingerprint density at radius 3 is 2.94 bits per heavy atom. The highest BCUT2D eigenvalue weighted by Crippen LogP contribution is 1.94. The van der Waals surface area contributed by atoms with Gasteiger partial charge in [-0.3, -0.25) is 9.89 Å². The molecule has 0 spiro atoms. The summed E-state index contributed by atoms with van der Waals surface area (Å²) >= 11 is 0. The Labute approximate surface area is 93.2 Å². The number of hydrogen-bond acceptors (Lipinski definition) is 5. The minimum absolute atomic E-state index is 0.0712. The first-order valence-electron chi connectivity index (χ1n) is 4.64. The van der Waals surface area contributed by atoms with Crippen LogP contribution in [-0.4, -0.2) is 36.9 Å². The van der Waals surface area contributed by atoms with E-state index in [9.17, 15) is 13.2 Å². The molecule has 0 aliphatic heterocycles. The summed E-state index contributed by atoms with van der Waals surface area (Å²) in [7, 11) is -3.65. The van der Waals surface area contributed by atoms with Crippen molar-refractivity contribution in [2.45, 2.75) is 13.5 Å². The minimum Gasteiger partial charge on any atom is -0.465 e. The summed E-state index contributed by atoms with van der Waals surface area (Å²) in [5, 5.41) is 6.26. The summed E-state index contributed by atoms with van der Waals surface area (Å²) in [4.78, 5) is 11.0. The second-order valence-electron chi connectivity index (χ2n) is 2.97. The van der Waals surface area contributed by atoms with Crippen LogP contribution in [0.25, 0.3) is 0 Å². The van der Waals surface area contributed by atoms with Crippen molar-refractivity contribution in [3.8, 4) is 0 Å². The van der Waals surface area contributed by atoms with Gasteiger partial charge < -0.3 is 4.74 Å². The Kier molecular flexibility index (Phi) is 4.44. The zero-order valence-corrected chi connectivity index (χ0v) is 9.58. The Balaban J connectivity index is 2.43. The van der Waals surface area contributed by atoms with Crippen LogP contribution >= 0.6 is 0 Å². The fraction of sp³-hybridized carbons (Fsp3) is 0.500. The van der Waals surface area contributed by atoms with E-state index in [-0.39, 0.29) is 13.2 Å². The number of nitrogens with one attached hydrogen (secondary N) is 2. The Morgan fingerprint density at radius 1 is 1.62 bits per heavy atom. The number of esters is 1. The lowest BCUT2D eigenvalue weighted by Gasteiger charge is -2.04. The fourth-order valence-electron chi connectivity index (χ4n) is 0.980. The van der Waals surface area contributed by atoms with Crippen LogP contribution in [0.3, 0.4) is 0 Å². The van der Waals surface area contributed by atoms with Gasteiger partial charge in [-0.2, -0.15) is 5.10 Å². The average molecular weight is 247 g/mol. The molecule has 0 saturated carbocycles. The molecule has 8 heteroatoms. The van der Waals surface area contributed by atoms with Gasteiger partial charge in [-0.25, -0.2) is 13.1 Å². The van der Waals surface area contributed by atoms with Gasteiger partial charge in [0.25, 0.3) is 0 Å². The molecule has 1 heterocycles. The van der Waals surface area contributed by atoms with Gasteiger partial charge in [-0.05, 0) is 13.0 Å². The molecule has 0 unspecified atom stereocenters. The lowest BCUT2D eigenvalue weighted by molar-refractivity contribution is -0.139. The highest BCUT2D eigenvalue weighted by molar-refractivity contribution is 7.90. The van der Waals surface area contributed by atoms with Crippen molar-refractivity contribution in [2.24, 2.45) is 0 Å². The summed E-state index contributed by atoms with van der Waals surface area (Å²) in [6.07, 6.45) is 1.51. The number of aromatic nitrogens is 2. The molecule has 2 N–H and O–H groups in total. The van der Waals surface area contributed by atoms with E-state index >= 15 is 0 Å². The number of rotatable bonds is 6. The maximum Gasteiger partial charge on any atom is 0.322 e. The highest BCUT2D eigenvalue weighted by Gasteiger charge is 2.16. The topological polar surface area (TPSA) is 101 Å². The van der Waals surface area contributed by atoms with E-state index in [1.54, 1.807) is 13.0 Å². The Hall–Kier alpha value is -1.41. The van der Waals surface area contributed by atoms with E-state index in [0.717, 1.165) is 0 Å². The number of ether oxygens (including phenoxy) is 1. The molecule has 0 aliphatic rings. The van der Waals surface area contributed by atoms with Gasteiger partial charge in [-0.15, -0.1) is 0 Å². The minimum atomic E-state index is -3.65. The van der Waals surface area contributed by atoms with Crippen molar-refractivity contribution in [1.29, 1.82) is 0 Å². The lowest BCUT2D eigenvalue weighted by atomic mass is 10.4. The number of nitrogens with zero attached hydrogens (tertiary/aromatic N) is 1. The van der Waals surface area contributed by atoms with E-state index in [0.29, 0.717) is 5.69 Å². The van der Waals surface area contributed by atoms with Crippen molar-refractivity contribution in [3.63, 3.8) is 0 Å². The Morgan fingerprint density at radius 2 is 2.38 bits per heavy atom. The normalized spacial score (nSPS) is 11.3. The van der Waals surface area contributed by atoms with Crippen LogP contribution in [0, 0.1) is 0 Å². The van der Waals surface area contributed by atoms with Crippen LogP contribution in [0.2, 0.25) is 0 Å². The zero-order valence-electron chi connectivity index (χ0n) is 8.76. The van der Waals surface area contributed by atoms with E-state index in [1.165, 1.54) is 6.20 Å². The molecule has 7 nitrogen and oxygen atoms in total. The molecule has 0 amide bonds. The molecule has 16 heavy (non-hydrogen) atoms. The third-order valence-electron chi connectivity index (χ3n) is 1.65. The largest absolute Gasteiger partial charge is 0.465 e. The molecular formula is C8H13N3O4S. The molecule has 90 valence electrons. The molecule has 0 atom stereocenters. The van der Waals surface area contributed by atoms with Crippen LogP contribution in [-0.2, 0) is 26.1 Å². The van der Waals surface area contributed by atoms with Crippen LogP contribution < -0.4 is 4.72 Å². The van der Waals surface area contributed by atoms with Gasteiger partial charge in [0, 0.05) is 6.20 Å². The van der Waals surface area contributed by atoms with E-state index < -0.39 is 21.7 Å². The molecule has 0 fully saturated rings. The van der Waals surface area contributed by atoms with Gasteiger partial charge in [0.15, 0.2) is 5.75 Å². The standard InChI is InChI=1S/C8H13N3O4S/c1-2-15-8(12)6-16(13,14)10-5-7-3-4-9-11-7/h3-4,10H,2,5-6H2,1H3,(H,9,11). The Bertz CT molecular complexity index is 426. The monoisotopic (exact) mass is 247 g/mol. The molecule has 1 aromatic rings. The smallest absolute Gasteiger partial charge is 0.322 e. The van der Waals surface area contributed by atoms with E-state index in [2.05, 4.69) is 19.7 Å². The quantitative estimate of drug-likeness (QED) is 0.653. The summed E-state index contributed by atoms with van der Waals surface area (Å²) in [6, 6.07) is 1.63. The molecule has 0 bridgehead atoms. The lowest BCUT2D eigenvalue weighted by Crippen LogP contribution is -2.30. The first-order chi connectivity index (χ1) is 7.53. The van der Waals surface area contributed by atoms with Crippen molar-refractivity contribution in [1.82, 2.24) is 14.9 Å². The van der Waals surface area contributed by atoms with Crippen molar-refractivity contribution in [2.75, 3.05) is 12.4 Å². The highest BCUT2D eigenvalue weighted by atomic mass is 32.2. The van der Waals surface area contributed by atoms with E-state index in [1.807, 2.05) is 0 Å². The predicted molar refractivity (Wildman–Crippen MR) is 55.8 cm³/mol. The first-order valence-corrected chi connectivity index (χ1v) is 6.30. The molecule has 0 aliphatic carbocycles. The molecule has 0 aromatic carbocycles.